The Balaban J connectivity index is 2.46. The molecule has 0 amide bonds. The Morgan fingerprint density at radius 1 is 1.36 bits per heavy atom. The van der Waals surface area contributed by atoms with Crippen molar-refractivity contribution in [3.63, 3.8) is 0 Å². The van der Waals surface area contributed by atoms with Gasteiger partial charge in [0.1, 0.15) is 0 Å². The molecule has 0 unspecified atom stereocenters. The Morgan fingerprint density at radius 3 is 2.86 bits per heavy atom. The zero-order chi connectivity index (χ0) is 9.97. The van der Waals surface area contributed by atoms with Crippen molar-refractivity contribution in [3.8, 4) is 11.6 Å². The van der Waals surface area contributed by atoms with E-state index in [1.54, 1.807) is 6.07 Å². The molecule has 0 aliphatic heterocycles. The minimum absolute atomic E-state index is 0.0774. The van der Waals surface area contributed by atoms with Gasteiger partial charge in [0, 0.05) is 12.3 Å². The van der Waals surface area contributed by atoms with Crippen LogP contribution in [0.2, 0.25) is 0 Å². The topological polar surface area (TPSA) is 89.1 Å². The molecule has 0 fully saturated rings. The monoisotopic (exact) mass is 191 g/mol. The van der Waals surface area contributed by atoms with Crippen LogP contribution in [-0.4, -0.2) is 26.2 Å². The van der Waals surface area contributed by atoms with Crippen LogP contribution in [0, 0.1) is 0 Å². The van der Waals surface area contributed by atoms with E-state index in [4.69, 9.17) is 9.63 Å². The number of aromatic nitrogens is 3. The van der Waals surface area contributed by atoms with Crippen molar-refractivity contribution in [1.29, 1.82) is 0 Å². The van der Waals surface area contributed by atoms with Gasteiger partial charge in [-0.2, -0.15) is 0 Å². The zero-order valence-electron chi connectivity index (χ0n) is 6.91. The molecule has 0 spiro atoms. The first-order valence-corrected chi connectivity index (χ1v) is 3.75. The molecule has 6 nitrogen and oxygen atoms in total. The number of nitrogens with zero attached hydrogens (tertiary/aromatic N) is 3. The maximum Gasteiger partial charge on any atom is 0.354 e. The van der Waals surface area contributed by atoms with Gasteiger partial charge in [0.2, 0.25) is 5.76 Å². The fourth-order valence-corrected chi connectivity index (χ4v) is 0.928. The summed E-state index contributed by atoms with van der Waals surface area (Å²) in [7, 11) is 0. The predicted molar refractivity (Wildman–Crippen MR) is 44.5 cm³/mol. The molecule has 1 N–H and O–H groups in total. The first-order chi connectivity index (χ1) is 6.77. The summed E-state index contributed by atoms with van der Waals surface area (Å²) in [6.07, 6.45) is 2.79. The van der Waals surface area contributed by atoms with Gasteiger partial charge in [-0.05, 0) is 6.07 Å². The van der Waals surface area contributed by atoms with Crippen molar-refractivity contribution < 1.29 is 14.4 Å². The van der Waals surface area contributed by atoms with Gasteiger partial charge >= 0.3 is 5.97 Å². The van der Waals surface area contributed by atoms with Crippen molar-refractivity contribution in [1.82, 2.24) is 15.1 Å². The number of aromatic carboxylic acids is 1. The summed E-state index contributed by atoms with van der Waals surface area (Å²) in [6.45, 7) is 0. The SMILES string of the molecule is O=C(O)c1ccnc(-c2ccno2)n1. The van der Waals surface area contributed by atoms with Crippen molar-refractivity contribution in [3.05, 3.63) is 30.2 Å². The maximum absolute atomic E-state index is 10.6. The van der Waals surface area contributed by atoms with Crippen LogP contribution in [0.25, 0.3) is 11.6 Å². The molecule has 2 rings (SSSR count). The molecular weight excluding hydrogens is 186 g/mol. The first kappa shape index (κ1) is 8.36. The van der Waals surface area contributed by atoms with Crippen LogP contribution in [0.3, 0.4) is 0 Å². The highest BCUT2D eigenvalue weighted by molar-refractivity contribution is 5.85. The van der Waals surface area contributed by atoms with E-state index in [0.29, 0.717) is 5.76 Å². The Labute approximate surface area is 78.2 Å². The number of carboxylic acids is 1. The van der Waals surface area contributed by atoms with Gasteiger partial charge in [-0.3, -0.25) is 0 Å². The summed E-state index contributed by atoms with van der Waals surface area (Å²) in [5.41, 5.74) is -0.0774. The Hall–Kier alpha value is -2.24. The molecule has 70 valence electrons. The van der Waals surface area contributed by atoms with E-state index in [9.17, 15) is 4.79 Å². The van der Waals surface area contributed by atoms with E-state index in [2.05, 4.69) is 15.1 Å². The summed E-state index contributed by atoms with van der Waals surface area (Å²) >= 11 is 0. The molecule has 0 bridgehead atoms. The number of carboxylic acid groups (broad SMARTS) is 1. The third kappa shape index (κ3) is 1.45. The van der Waals surface area contributed by atoms with Gasteiger partial charge in [-0.25, -0.2) is 14.8 Å². The normalized spacial score (nSPS) is 10.0. The molecule has 0 aliphatic rings. The average Bonchev–Trinajstić information content (AvgIpc) is 2.71. The van der Waals surface area contributed by atoms with Crippen molar-refractivity contribution in [2.45, 2.75) is 0 Å². The summed E-state index contributed by atoms with van der Waals surface area (Å²) in [6, 6.07) is 2.86. The molecule has 2 aromatic rings. The number of hydrogen-bond donors (Lipinski definition) is 1. The van der Waals surface area contributed by atoms with Crippen LogP contribution >= 0.6 is 0 Å². The third-order valence-electron chi connectivity index (χ3n) is 1.53. The number of carbonyl (C=O) groups is 1. The lowest BCUT2D eigenvalue weighted by atomic mass is 10.3. The van der Waals surface area contributed by atoms with Gasteiger partial charge in [-0.15, -0.1) is 0 Å². The van der Waals surface area contributed by atoms with E-state index < -0.39 is 5.97 Å². The lowest BCUT2D eigenvalue weighted by Gasteiger charge is -1.95. The average molecular weight is 191 g/mol. The van der Waals surface area contributed by atoms with Gasteiger partial charge < -0.3 is 9.63 Å². The van der Waals surface area contributed by atoms with Crippen LogP contribution in [-0.2, 0) is 0 Å². The highest BCUT2D eigenvalue weighted by Gasteiger charge is 2.09. The molecule has 14 heavy (non-hydrogen) atoms. The number of hydrogen-bond acceptors (Lipinski definition) is 5. The minimum atomic E-state index is -1.10. The quantitative estimate of drug-likeness (QED) is 0.756. The molecule has 2 heterocycles. The second-order valence-electron chi connectivity index (χ2n) is 2.45. The summed E-state index contributed by atoms with van der Waals surface area (Å²) in [4.78, 5) is 18.2. The highest BCUT2D eigenvalue weighted by atomic mass is 16.5. The Morgan fingerprint density at radius 2 is 2.21 bits per heavy atom. The van der Waals surface area contributed by atoms with E-state index in [-0.39, 0.29) is 11.5 Å². The van der Waals surface area contributed by atoms with E-state index in [0.717, 1.165) is 0 Å². The Kier molecular flexibility index (Phi) is 1.94. The summed E-state index contributed by atoms with van der Waals surface area (Å²) < 4.78 is 4.79. The summed E-state index contributed by atoms with van der Waals surface area (Å²) in [5.74, 6) is -0.552. The standard InChI is InChI=1S/C8H5N3O3/c12-8(13)5-1-3-9-7(11-5)6-2-4-10-14-6/h1-4H,(H,12,13). The predicted octanol–water partition coefficient (Wildman–Crippen LogP) is 0.830. The summed E-state index contributed by atoms with van der Waals surface area (Å²) in [5, 5.41) is 12.1. The highest BCUT2D eigenvalue weighted by Crippen LogP contribution is 2.12. The van der Waals surface area contributed by atoms with Crippen molar-refractivity contribution >= 4 is 5.97 Å². The lowest BCUT2D eigenvalue weighted by molar-refractivity contribution is 0.0690. The van der Waals surface area contributed by atoms with Crippen LogP contribution in [0.4, 0.5) is 0 Å². The minimum Gasteiger partial charge on any atom is -0.477 e. The van der Waals surface area contributed by atoms with E-state index >= 15 is 0 Å². The van der Waals surface area contributed by atoms with Gasteiger partial charge in [0.15, 0.2) is 11.5 Å². The van der Waals surface area contributed by atoms with E-state index in [1.807, 2.05) is 0 Å². The zero-order valence-corrected chi connectivity index (χ0v) is 6.91. The molecule has 0 saturated carbocycles. The number of rotatable bonds is 2. The fraction of sp³-hybridized carbons (Fsp3) is 0. The second kappa shape index (κ2) is 3.25. The molecule has 0 aliphatic carbocycles. The van der Waals surface area contributed by atoms with Gasteiger partial charge in [-0.1, -0.05) is 5.16 Å². The Bertz CT molecular complexity index is 453. The van der Waals surface area contributed by atoms with Crippen molar-refractivity contribution in [2.75, 3.05) is 0 Å². The fourth-order valence-electron chi connectivity index (χ4n) is 0.928. The second-order valence-corrected chi connectivity index (χ2v) is 2.45. The first-order valence-electron chi connectivity index (χ1n) is 3.75. The molecule has 0 aromatic carbocycles. The lowest BCUT2D eigenvalue weighted by Crippen LogP contribution is -2.01. The molecule has 6 heteroatoms. The van der Waals surface area contributed by atoms with E-state index in [1.165, 1.54) is 18.5 Å². The van der Waals surface area contributed by atoms with Crippen LogP contribution in [0.1, 0.15) is 10.5 Å². The van der Waals surface area contributed by atoms with Crippen LogP contribution < -0.4 is 0 Å². The van der Waals surface area contributed by atoms with Crippen molar-refractivity contribution in [2.24, 2.45) is 0 Å². The molecular formula is C8H5N3O3. The third-order valence-corrected chi connectivity index (χ3v) is 1.53. The molecule has 2 aromatic heterocycles. The largest absolute Gasteiger partial charge is 0.477 e. The van der Waals surface area contributed by atoms with Gasteiger partial charge in [0.05, 0.1) is 6.20 Å². The smallest absolute Gasteiger partial charge is 0.354 e. The van der Waals surface area contributed by atoms with Gasteiger partial charge in [0.25, 0.3) is 0 Å². The maximum atomic E-state index is 10.6. The molecule has 0 saturated heterocycles. The van der Waals surface area contributed by atoms with Crippen LogP contribution in [0.5, 0.6) is 0 Å². The molecule has 0 atom stereocenters. The molecule has 0 radical (unpaired) electrons. The van der Waals surface area contributed by atoms with Crippen LogP contribution in [0.15, 0.2) is 29.0 Å².